The second-order valence-electron chi connectivity index (χ2n) is 9.65. The highest BCUT2D eigenvalue weighted by molar-refractivity contribution is 7.99. The average Bonchev–Trinajstić information content (AvgIpc) is 2.97. The Kier molecular flexibility index (Phi) is 6.65. The lowest BCUT2D eigenvalue weighted by Crippen LogP contribution is -2.43. The molecular formula is C29H29FN2O2S. The molecule has 6 heteroatoms. The Morgan fingerprint density at radius 1 is 1.03 bits per heavy atom. The minimum absolute atomic E-state index is 0.111. The number of nitrogens with one attached hydrogen (secondary N) is 1. The van der Waals surface area contributed by atoms with Crippen molar-refractivity contribution in [3.8, 4) is 0 Å². The Morgan fingerprint density at radius 2 is 1.80 bits per heavy atom. The highest BCUT2D eigenvalue weighted by Crippen LogP contribution is 2.42. The van der Waals surface area contributed by atoms with E-state index in [0.717, 1.165) is 28.2 Å². The zero-order valence-corrected chi connectivity index (χ0v) is 20.8. The maximum Gasteiger partial charge on any atom is 0.259 e. The van der Waals surface area contributed by atoms with Gasteiger partial charge in [0.15, 0.2) is 0 Å². The summed E-state index contributed by atoms with van der Waals surface area (Å²) in [4.78, 5) is 30.4. The van der Waals surface area contributed by atoms with Crippen LogP contribution in [0.3, 0.4) is 0 Å². The van der Waals surface area contributed by atoms with Gasteiger partial charge in [0.2, 0.25) is 0 Å². The van der Waals surface area contributed by atoms with Crippen molar-refractivity contribution in [1.29, 1.82) is 0 Å². The van der Waals surface area contributed by atoms with Crippen LogP contribution in [-0.2, 0) is 6.54 Å². The maximum absolute atomic E-state index is 13.7. The van der Waals surface area contributed by atoms with Crippen LogP contribution in [0.2, 0.25) is 0 Å². The molecule has 0 unspecified atom stereocenters. The number of fused-ring (bicyclic) bond motifs is 2. The van der Waals surface area contributed by atoms with Crippen LogP contribution >= 0.6 is 11.8 Å². The van der Waals surface area contributed by atoms with E-state index in [4.69, 9.17) is 0 Å². The van der Waals surface area contributed by atoms with Crippen LogP contribution in [0.25, 0.3) is 0 Å². The number of amides is 2. The predicted octanol–water partition coefficient (Wildman–Crippen LogP) is 6.69. The summed E-state index contributed by atoms with van der Waals surface area (Å²) in [6.45, 7) is 4.74. The third-order valence-electron chi connectivity index (χ3n) is 7.37. The first-order chi connectivity index (χ1) is 16.9. The van der Waals surface area contributed by atoms with E-state index in [1.165, 1.54) is 30.3 Å². The fourth-order valence-corrected chi connectivity index (χ4v) is 6.09. The molecule has 1 saturated carbocycles. The van der Waals surface area contributed by atoms with Crippen molar-refractivity contribution >= 4 is 29.3 Å². The molecule has 3 aromatic rings. The molecule has 35 heavy (non-hydrogen) atoms. The van der Waals surface area contributed by atoms with Crippen molar-refractivity contribution in [3.05, 3.63) is 89.2 Å². The van der Waals surface area contributed by atoms with Gasteiger partial charge in [0, 0.05) is 21.4 Å². The van der Waals surface area contributed by atoms with Crippen molar-refractivity contribution in [2.75, 3.05) is 4.90 Å². The second kappa shape index (κ2) is 9.86. The normalized spacial score (nSPS) is 21.6. The molecule has 2 amide bonds. The van der Waals surface area contributed by atoms with Gasteiger partial charge >= 0.3 is 0 Å². The summed E-state index contributed by atoms with van der Waals surface area (Å²) in [5, 5.41) is 3.25. The summed E-state index contributed by atoms with van der Waals surface area (Å²) in [5.74, 6) is 0.445. The molecule has 1 heterocycles. The fourth-order valence-electron chi connectivity index (χ4n) is 5.03. The average molecular weight is 489 g/mol. The Hall–Kier alpha value is -3.12. The van der Waals surface area contributed by atoms with Crippen LogP contribution < -0.4 is 10.2 Å². The van der Waals surface area contributed by atoms with Crippen molar-refractivity contribution < 1.29 is 14.0 Å². The molecule has 4 nitrogen and oxygen atoms in total. The van der Waals surface area contributed by atoms with Gasteiger partial charge < -0.3 is 10.2 Å². The van der Waals surface area contributed by atoms with E-state index in [-0.39, 0.29) is 30.2 Å². The van der Waals surface area contributed by atoms with Gasteiger partial charge in [0.25, 0.3) is 11.8 Å². The molecule has 1 fully saturated rings. The quantitative estimate of drug-likeness (QED) is 0.445. The summed E-state index contributed by atoms with van der Waals surface area (Å²) >= 11 is 1.53. The van der Waals surface area contributed by atoms with Gasteiger partial charge in [-0.05, 0) is 66.3 Å². The third kappa shape index (κ3) is 4.85. The Bertz CT molecular complexity index is 1260. The molecule has 180 valence electrons. The molecule has 3 atom stereocenters. The van der Waals surface area contributed by atoms with E-state index in [0.29, 0.717) is 28.7 Å². The topological polar surface area (TPSA) is 49.4 Å². The lowest BCUT2D eigenvalue weighted by atomic mass is 9.78. The number of rotatable bonds is 4. The van der Waals surface area contributed by atoms with Crippen LogP contribution in [0.1, 0.15) is 59.4 Å². The van der Waals surface area contributed by atoms with Crippen LogP contribution in [0.15, 0.2) is 76.5 Å². The van der Waals surface area contributed by atoms with E-state index >= 15 is 0 Å². The molecule has 0 spiro atoms. The molecule has 3 aromatic carbocycles. The van der Waals surface area contributed by atoms with Gasteiger partial charge in [0.1, 0.15) is 5.82 Å². The first kappa shape index (κ1) is 23.6. The molecule has 1 aliphatic heterocycles. The van der Waals surface area contributed by atoms with Gasteiger partial charge in [-0.15, -0.1) is 0 Å². The number of hydrogen-bond donors (Lipinski definition) is 1. The maximum atomic E-state index is 13.7. The highest BCUT2D eigenvalue weighted by Gasteiger charge is 2.30. The minimum Gasteiger partial charge on any atom is -0.349 e. The number of carbonyl (C=O) groups is 2. The standard InChI is InChI=1S/C29H29FN2O2S/c1-18-6-5-8-24(19(18)2)31-28(33)21-12-15-27-25(16-21)32(17-20-10-13-22(30)14-11-20)29(34)23-7-3-4-9-26(23)35-27/h3-4,7,9-16,18-19,24H,5-6,8,17H2,1-2H3,(H,31,33)/t18-,19+,24+/m1/s1. The van der Waals surface area contributed by atoms with E-state index in [9.17, 15) is 14.0 Å². The molecular weight excluding hydrogens is 459 g/mol. The van der Waals surface area contributed by atoms with Gasteiger partial charge in [-0.2, -0.15) is 0 Å². The van der Waals surface area contributed by atoms with Crippen LogP contribution in [0.4, 0.5) is 10.1 Å². The van der Waals surface area contributed by atoms with Gasteiger partial charge in [-0.1, -0.05) is 62.7 Å². The van der Waals surface area contributed by atoms with Crippen LogP contribution in [0, 0.1) is 17.7 Å². The Balaban J connectivity index is 1.50. The number of anilines is 1. The molecule has 1 aliphatic carbocycles. The number of carbonyl (C=O) groups excluding carboxylic acids is 2. The number of benzene rings is 3. The van der Waals surface area contributed by atoms with E-state index < -0.39 is 0 Å². The van der Waals surface area contributed by atoms with Crippen LogP contribution in [0.5, 0.6) is 0 Å². The van der Waals surface area contributed by atoms with E-state index in [1.807, 2.05) is 42.5 Å². The molecule has 0 aromatic heterocycles. The van der Waals surface area contributed by atoms with Gasteiger partial charge in [0.05, 0.1) is 17.8 Å². The lowest BCUT2D eigenvalue weighted by Gasteiger charge is -2.34. The largest absolute Gasteiger partial charge is 0.349 e. The molecule has 0 bridgehead atoms. The van der Waals surface area contributed by atoms with Crippen LogP contribution in [-0.4, -0.2) is 17.9 Å². The minimum atomic E-state index is -0.317. The van der Waals surface area contributed by atoms with Gasteiger partial charge in [-0.25, -0.2) is 4.39 Å². The SMILES string of the molecule is C[C@H]1[C@H](C)CCC[C@@H]1NC(=O)c1ccc2c(c1)N(Cc1ccc(F)cc1)C(=O)c1ccccc1S2. The molecule has 1 N–H and O–H groups in total. The second-order valence-corrected chi connectivity index (χ2v) is 10.7. The van der Waals surface area contributed by atoms with E-state index in [1.54, 1.807) is 17.0 Å². The fraction of sp³-hybridized carbons (Fsp3) is 0.310. The van der Waals surface area contributed by atoms with Crippen molar-refractivity contribution in [1.82, 2.24) is 5.32 Å². The Morgan fingerprint density at radius 3 is 2.60 bits per heavy atom. The number of nitrogens with zero attached hydrogens (tertiary/aromatic N) is 1. The van der Waals surface area contributed by atoms with Gasteiger partial charge in [-0.3, -0.25) is 9.59 Å². The summed E-state index contributed by atoms with van der Waals surface area (Å²) in [7, 11) is 0. The molecule has 5 rings (SSSR count). The van der Waals surface area contributed by atoms with E-state index in [2.05, 4.69) is 19.2 Å². The summed E-state index contributed by atoms with van der Waals surface area (Å²) in [5.41, 5.74) is 2.66. The zero-order chi connectivity index (χ0) is 24.5. The third-order valence-corrected chi connectivity index (χ3v) is 8.51. The molecule has 0 saturated heterocycles. The predicted molar refractivity (Wildman–Crippen MR) is 137 cm³/mol. The lowest BCUT2D eigenvalue weighted by molar-refractivity contribution is 0.0889. The summed E-state index contributed by atoms with van der Waals surface area (Å²) < 4.78 is 13.5. The number of halogens is 1. The molecule has 0 radical (unpaired) electrons. The molecule has 2 aliphatic rings. The smallest absolute Gasteiger partial charge is 0.259 e. The monoisotopic (exact) mass is 488 g/mol. The Labute approximate surface area is 209 Å². The summed E-state index contributed by atoms with van der Waals surface area (Å²) in [6, 6.07) is 19.5. The van der Waals surface area contributed by atoms with Crippen molar-refractivity contribution in [3.63, 3.8) is 0 Å². The van der Waals surface area contributed by atoms with Crippen molar-refractivity contribution in [2.24, 2.45) is 11.8 Å². The van der Waals surface area contributed by atoms with Crippen molar-refractivity contribution in [2.45, 2.75) is 55.5 Å². The first-order valence-corrected chi connectivity index (χ1v) is 13.0. The first-order valence-electron chi connectivity index (χ1n) is 12.2. The zero-order valence-electron chi connectivity index (χ0n) is 20.0. The highest BCUT2D eigenvalue weighted by atomic mass is 32.2. The number of hydrogen-bond acceptors (Lipinski definition) is 3. The summed E-state index contributed by atoms with van der Waals surface area (Å²) in [6.07, 6.45) is 3.31.